The Morgan fingerprint density at radius 3 is 1.81 bits per heavy atom. The zero-order valence-corrected chi connectivity index (χ0v) is 20.2. The van der Waals surface area contributed by atoms with Crippen molar-refractivity contribution >= 4 is 0 Å². The van der Waals surface area contributed by atoms with E-state index in [1.54, 1.807) is 0 Å². The van der Waals surface area contributed by atoms with Crippen LogP contribution in [-0.2, 0) is 0 Å². The predicted molar refractivity (Wildman–Crippen MR) is 127 cm³/mol. The van der Waals surface area contributed by atoms with Crippen molar-refractivity contribution in [2.45, 2.75) is 122 Å². The minimum atomic E-state index is -2.72. The standard InChI is InChI=1S/C29H43F3/c1-3-4-20-7-11-21(12-8-20)22-13-15-23(16-14-22)25-17-18-26(28(30)27(25)29(31)32)24-9-5-19(2)6-10-24/h17-24,29H,3-16H2,1-2H3. The van der Waals surface area contributed by atoms with Crippen molar-refractivity contribution in [3.05, 3.63) is 34.6 Å². The highest BCUT2D eigenvalue weighted by Crippen LogP contribution is 2.47. The first-order valence-electron chi connectivity index (χ1n) is 13.6. The van der Waals surface area contributed by atoms with Gasteiger partial charge in [0.15, 0.2) is 0 Å². The smallest absolute Gasteiger partial charge is 0.206 e. The van der Waals surface area contributed by atoms with Gasteiger partial charge in [0.25, 0.3) is 6.43 Å². The minimum absolute atomic E-state index is 0.0987. The van der Waals surface area contributed by atoms with E-state index in [9.17, 15) is 8.78 Å². The summed E-state index contributed by atoms with van der Waals surface area (Å²) in [5, 5.41) is 0. The van der Waals surface area contributed by atoms with Gasteiger partial charge in [-0.3, -0.25) is 0 Å². The van der Waals surface area contributed by atoms with E-state index in [1.807, 2.05) is 12.1 Å². The minimum Gasteiger partial charge on any atom is -0.206 e. The number of alkyl halides is 2. The van der Waals surface area contributed by atoms with Crippen molar-refractivity contribution in [1.82, 2.24) is 0 Å². The number of hydrogen-bond acceptors (Lipinski definition) is 0. The van der Waals surface area contributed by atoms with E-state index in [0.717, 1.165) is 69.1 Å². The number of hydrogen-bond donors (Lipinski definition) is 0. The van der Waals surface area contributed by atoms with Gasteiger partial charge >= 0.3 is 0 Å². The van der Waals surface area contributed by atoms with Gasteiger partial charge in [0.2, 0.25) is 0 Å². The zero-order chi connectivity index (χ0) is 22.7. The maximum atomic E-state index is 15.4. The van der Waals surface area contributed by atoms with Crippen LogP contribution in [0.5, 0.6) is 0 Å². The summed E-state index contributed by atoms with van der Waals surface area (Å²) in [6, 6.07) is 3.73. The molecular formula is C29H43F3. The highest BCUT2D eigenvalue weighted by molar-refractivity contribution is 5.39. The molecule has 180 valence electrons. The summed E-state index contributed by atoms with van der Waals surface area (Å²) in [6.45, 7) is 4.51. The Balaban J connectivity index is 1.41. The molecule has 3 aliphatic carbocycles. The Labute approximate surface area is 193 Å². The molecule has 0 nitrogen and oxygen atoms in total. The van der Waals surface area contributed by atoms with Crippen molar-refractivity contribution in [2.75, 3.05) is 0 Å². The van der Waals surface area contributed by atoms with E-state index in [-0.39, 0.29) is 17.4 Å². The van der Waals surface area contributed by atoms with Crippen LogP contribution >= 0.6 is 0 Å². The van der Waals surface area contributed by atoms with Crippen LogP contribution in [0.1, 0.15) is 139 Å². The maximum Gasteiger partial charge on any atom is 0.266 e. The Morgan fingerprint density at radius 2 is 1.25 bits per heavy atom. The third-order valence-electron chi connectivity index (χ3n) is 9.38. The molecule has 0 unspecified atom stereocenters. The average molecular weight is 449 g/mol. The normalized spacial score (nSPS) is 34.1. The lowest BCUT2D eigenvalue weighted by atomic mass is 9.67. The van der Waals surface area contributed by atoms with Gasteiger partial charge in [0, 0.05) is 0 Å². The van der Waals surface area contributed by atoms with Gasteiger partial charge in [-0.2, -0.15) is 0 Å². The summed E-state index contributed by atoms with van der Waals surface area (Å²) in [6.07, 6.45) is 13.5. The fraction of sp³-hybridized carbons (Fsp3) is 0.793. The van der Waals surface area contributed by atoms with Gasteiger partial charge in [0.1, 0.15) is 5.82 Å². The molecular weight excluding hydrogens is 405 g/mol. The van der Waals surface area contributed by atoms with Gasteiger partial charge in [0.05, 0.1) is 5.56 Å². The molecule has 0 radical (unpaired) electrons. The second kappa shape index (κ2) is 11.0. The summed E-state index contributed by atoms with van der Waals surface area (Å²) in [5.41, 5.74) is 0.883. The lowest BCUT2D eigenvalue weighted by Crippen LogP contribution is -2.26. The molecule has 0 aromatic heterocycles. The molecule has 3 aliphatic rings. The first-order valence-corrected chi connectivity index (χ1v) is 13.6. The number of rotatable bonds is 6. The third kappa shape index (κ3) is 5.39. The Bertz CT molecular complexity index is 718. The van der Waals surface area contributed by atoms with Crippen molar-refractivity contribution in [1.29, 1.82) is 0 Å². The van der Waals surface area contributed by atoms with E-state index in [1.165, 1.54) is 38.5 Å². The summed E-state index contributed by atoms with van der Waals surface area (Å²) in [5.74, 6) is 2.78. The van der Waals surface area contributed by atoms with Crippen molar-refractivity contribution < 1.29 is 13.2 Å². The topological polar surface area (TPSA) is 0 Å². The fourth-order valence-electron chi connectivity index (χ4n) is 7.35. The molecule has 3 heteroatoms. The molecule has 3 fully saturated rings. The van der Waals surface area contributed by atoms with E-state index in [4.69, 9.17) is 0 Å². The van der Waals surface area contributed by atoms with E-state index in [0.29, 0.717) is 17.0 Å². The summed E-state index contributed by atoms with van der Waals surface area (Å²) < 4.78 is 43.6. The highest BCUT2D eigenvalue weighted by Gasteiger charge is 2.34. The van der Waals surface area contributed by atoms with E-state index >= 15 is 4.39 Å². The molecule has 0 heterocycles. The molecule has 0 saturated heterocycles. The van der Waals surface area contributed by atoms with Gasteiger partial charge in [-0.25, -0.2) is 13.2 Å². The summed E-state index contributed by atoms with van der Waals surface area (Å²) >= 11 is 0. The molecule has 0 bridgehead atoms. The number of halogens is 3. The highest BCUT2D eigenvalue weighted by atomic mass is 19.3. The van der Waals surface area contributed by atoms with Crippen LogP contribution in [0.25, 0.3) is 0 Å². The van der Waals surface area contributed by atoms with Gasteiger partial charge in [-0.1, -0.05) is 64.5 Å². The molecule has 0 spiro atoms. The van der Waals surface area contributed by atoms with Crippen LogP contribution in [0.4, 0.5) is 13.2 Å². The number of benzene rings is 1. The van der Waals surface area contributed by atoms with E-state index in [2.05, 4.69) is 13.8 Å². The van der Waals surface area contributed by atoms with Crippen molar-refractivity contribution in [2.24, 2.45) is 23.7 Å². The Hall–Kier alpha value is -0.990. The zero-order valence-electron chi connectivity index (χ0n) is 20.2. The molecule has 1 aromatic carbocycles. The van der Waals surface area contributed by atoms with E-state index < -0.39 is 12.2 Å². The quantitative estimate of drug-likeness (QED) is 0.406. The molecule has 0 N–H and O–H groups in total. The lowest BCUT2D eigenvalue weighted by molar-refractivity contribution is 0.139. The first kappa shape index (κ1) is 24.1. The largest absolute Gasteiger partial charge is 0.266 e. The van der Waals surface area contributed by atoms with Crippen LogP contribution in [0.2, 0.25) is 0 Å². The van der Waals surface area contributed by atoms with Gasteiger partial charge in [-0.05, 0) is 98.0 Å². The molecule has 32 heavy (non-hydrogen) atoms. The summed E-state index contributed by atoms with van der Waals surface area (Å²) in [7, 11) is 0. The van der Waals surface area contributed by atoms with Crippen molar-refractivity contribution in [3.8, 4) is 0 Å². The maximum absolute atomic E-state index is 15.4. The second-order valence-electron chi connectivity index (χ2n) is 11.4. The molecule has 4 rings (SSSR count). The van der Waals surface area contributed by atoms with Crippen LogP contribution < -0.4 is 0 Å². The lowest BCUT2D eigenvalue weighted by Gasteiger charge is -2.38. The SMILES string of the molecule is CCCC1CCC(C2CCC(c3ccc(C4CCC(C)CC4)c(F)c3C(F)F)CC2)CC1. The van der Waals surface area contributed by atoms with Gasteiger partial charge in [-0.15, -0.1) is 0 Å². The second-order valence-corrected chi connectivity index (χ2v) is 11.4. The molecule has 0 aliphatic heterocycles. The van der Waals surface area contributed by atoms with Crippen LogP contribution in [0.15, 0.2) is 12.1 Å². The average Bonchev–Trinajstić information content (AvgIpc) is 2.80. The fourth-order valence-corrected chi connectivity index (χ4v) is 7.35. The summed E-state index contributed by atoms with van der Waals surface area (Å²) in [4.78, 5) is 0. The molecule has 3 saturated carbocycles. The predicted octanol–water partition coefficient (Wildman–Crippen LogP) is 9.94. The van der Waals surface area contributed by atoms with Crippen LogP contribution in [0.3, 0.4) is 0 Å². The molecule has 1 aromatic rings. The molecule has 0 amide bonds. The Kier molecular flexibility index (Phi) is 8.27. The van der Waals surface area contributed by atoms with Crippen molar-refractivity contribution in [3.63, 3.8) is 0 Å². The monoisotopic (exact) mass is 448 g/mol. The molecule has 0 atom stereocenters. The van der Waals surface area contributed by atoms with Gasteiger partial charge < -0.3 is 0 Å². The van der Waals surface area contributed by atoms with Crippen LogP contribution in [-0.4, -0.2) is 0 Å². The third-order valence-corrected chi connectivity index (χ3v) is 9.38. The first-order chi connectivity index (χ1) is 15.5. The van der Waals surface area contributed by atoms with Crippen LogP contribution in [0, 0.1) is 29.5 Å². The Morgan fingerprint density at radius 1 is 0.750 bits per heavy atom.